The summed E-state index contributed by atoms with van der Waals surface area (Å²) in [5, 5.41) is 4.65. The Kier molecular flexibility index (Phi) is 7.42. The molecule has 4 rings (SSSR count). The van der Waals surface area contributed by atoms with E-state index in [1.807, 2.05) is 18.2 Å². The average molecular weight is 466 g/mol. The topological polar surface area (TPSA) is 72.8 Å². The van der Waals surface area contributed by atoms with E-state index in [0.717, 1.165) is 10.9 Å². The minimum absolute atomic E-state index is 0.241. The molecule has 0 radical (unpaired) electrons. The monoisotopic (exact) mass is 465 g/mol. The summed E-state index contributed by atoms with van der Waals surface area (Å²) in [7, 11) is 0. The number of nitrogens with one attached hydrogen (secondary N) is 1. The normalized spacial score (nSPS) is 11.3. The summed E-state index contributed by atoms with van der Waals surface area (Å²) in [5.74, 6) is 1.36. The lowest BCUT2D eigenvalue weighted by Crippen LogP contribution is -2.11. The SMILES string of the molecule is CC(C)COCc1nc(NCCc2cccc(F)c2)c2ccc(-c3ncccc3Cl)nc2n1. The van der Waals surface area contributed by atoms with Crippen molar-refractivity contribution in [3.05, 3.63) is 77.0 Å². The fraction of sp³-hybridized carbons (Fsp3) is 0.280. The first kappa shape index (κ1) is 23.0. The molecular weight excluding hydrogens is 441 g/mol. The maximum atomic E-state index is 13.5. The van der Waals surface area contributed by atoms with Gasteiger partial charge in [-0.25, -0.2) is 19.3 Å². The second-order valence-corrected chi connectivity index (χ2v) is 8.51. The minimum atomic E-state index is -0.241. The molecule has 0 fully saturated rings. The third-order valence-electron chi connectivity index (χ3n) is 4.88. The van der Waals surface area contributed by atoms with Crippen molar-refractivity contribution in [1.29, 1.82) is 0 Å². The van der Waals surface area contributed by atoms with Crippen LogP contribution in [0.2, 0.25) is 5.02 Å². The molecule has 1 aromatic carbocycles. The third-order valence-corrected chi connectivity index (χ3v) is 5.19. The van der Waals surface area contributed by atoms with Crippen LogP contribution in [0.5, 0.6) is 0 Å². The zero-order chi connectivity index (χ0) is 23.2. The highest BCUT2D eigenvalue weighted by atomic mass is 35.5. The van der Waals surface area contributed by atoms with Gasteiger partial charge in [0.2, 0.25) is 0 Å². The lowest BCUT2D eigenvalue weighted by atomic mass is 10.1. The molecule has 8 heteroatoms. The number of ether oxygens (including phenoxy) is 1. The van der Waals surface area contributed by atoms with Crippen molar-refractivity contribution in [2.45, 2.75) is 26.9 Å². The number of hydrogen-bond acceptors (Lipinski definition) is 6. The number of rotatable bonds is 9. The summed E-state index contributed by atoms with van der Waals surface area (Å²) in [5.41, 5.74) is 2.66. The molecule has 0 aliphatic rings. The fourth-order valence-corrected chi connectivity index (χ4v) is 3.58. The van der Waals surface area contributed by atoms with Gasteiger partial charge in [-0.05, 0) is 54.3 Å². The highest BCUT2D eigenvalue weighted by Crippen LogP contribution is 2.27. The number of benzene rings is 1. The molecule has 0 saturated carbocycles. The van der Waals surface area contributed by atoms with E-state index in [-0.39, 0.29) is 12.4 Å². The number of anilines is 1. The molecule has 3 heterocycles. The molecule has 1 N–H and O–H groups in total. The molecule has 0 saturated heterocycles. The molecule has 0 spiro atoms. The van der Waals surface area contributed by atoms with Crippen molar-refractivity contribution in [2.75, 3.05) is 18.5 Å². The quantitative estimate of drug-likeness (QED) is 0.341. The Morgan fingerprint density at radius 2 is 1.94 bits per heavy atom. The van der Waals surface area contributed by atoms with Gasteiger partial charge < -0.3 is 10.1 Å². The van der Waals surface area contributed by atoms with E-state index in [4.69, 9.17) is 21.3 Å². The molecule has 170 valence electrons. The smallest absolute Gasteiger partial charge is 0.165 e. The van der Waals surface area contributed by atoms with E-state index >= 15 is 0 Å². The number of fused-ring (bicyclic) bond motifs is 1. The van der Waals surface area contributed by atoms with Crippen LogP contribution in [0.3, 0.4) is 0 Å². The third kappa shape index (κ3) is 6.00. The predicted octanol–water partition coefficient (Wildman–Crippen LogP) is 5.71. The maximum Gasteiger partial charge on any atom is 0.165 e. The molecule has 0 atom stereocenters. The van der Waals surface area contributed by atoms with Crippen LogP contribution in [0.4, 0.5) is 10.2 Å². The zero-order valence-electron chi connectivity index (χ0n) is 18.6. The molecule has 33 heavy (non-hydrogen) atoms. The van der Waals surface area contributed by atoms with E-state index in [9.17, 15) is 4.39 Å². The summed E-state index contributed by atoms with van der Waals surface area (Å²) >= 11 is 6.31. The molecule has 3 aromatic heterocycles. The Morgan fingerprint density at radius 1 is 1.06 bits per heavy atom. The second-order valence-electron chi connectivity index (χ2n) is 8.11. The largest absolute Gasteiger partial charge is 0.373 e. The van der Waals surface area contributed by atoms with E-state index in [2.05, 4.69) is 34.1 Å². The van der Waals surface area contributed by atoms with Gasteiger partial charge in [-0.1, -0.05) is 37.6 Å². The van der Waals surface area contributed by atoms with Crippen LogP contribution in [-0.2, 0) is 17.8 Å². The Labute approximate surface area is 197 Å². The molecule has 4 aromatic rings. The van der Waals surface area contributed by atoms with Crippen molar-refractivity contribution in [2.24, 2.45) is 5.92 Å². The van der Waals surface area contributed by atoms with Gasteiger partial charge in [0.15, 0.2) is 11.5 Å². The fourth-order valence-electron chi connectivity index (χ4n) is 3.36. The summed E-state index contributed by atoms with van der Waals surface area (Å²) in [6.07, 6.45) is 2.33. The Morgan fingerprint density at radius 3 is 2.73 bits per heavy atom. The van der Waals surface area contributed by atoms with Crippen LogP contribution in [-0.4, -0.2) is 33.1 Å². The molecule has 0 amide bonds. The number of hydrogen-bond donors (Lipinski definition) is 1. The number of aromatic nitrogens is 4. The van der Waals surface area contributed by atoms with Crippen molar-refractivity contribution in [3.8, 4) is 11.4 Å². The van der Waals surface area contributed by atoms with Gasteiger partial charge in [0.05, 0.1) is 16.1 Å². The van der Waals surface area contributed by atoms with E-state index in [1.54, 1.807) is 24.4 Å². The van der Waals surface area contributed by atoms with Crippen LogP contribution >= 0.6 is 11.6 Å². The molecule has 0 unspecified atom stereocenters. The zero-order valence-corrected chi connectivity index (χ0v) is 19.3. The first-order valence-electron chi connectivity index (χ1n) is 10.8. The lowest BCUT2D eigenvalue weighted by molar-refractivity contribution is 0.0925. The first-order valence-corrected chi connectivity index (χ1v) is 11.2. The highest BCUT2D eigenvalue weighted by molar-refractivity contribution is 6.32. The number of halogens is 2. The summed E-state index contributed by atoms with van der Waals surface area (Å²) in [4.78, 5) is 18.3. The van der Waals surface area contributed by atoms with Gasteiger partial charge in [-0.3, -0.25) is 4.98 Å². The van der Waals surface area contributed by atoms with Crippen molar-refractivity contribution < 1.29 is 9.13 Å². The van der Waals surface area contributed by atoms with Crippen LogP contribution in [0.25, 0.3) is 22.4 Å². The second kappa shape index (κ2) is 10.6. The van der Waals surface area contributed by atoms with Crippen LogP contribution < -0.4 is 5.32 Å². The van der Waals surface area contributed by atoms with E-state index < -0.39 is 0 Å². The first-order chi connectivity index (χ1) is 16.0. The van der Waals surface area contributed by atoms with Crippen molar-refractivity contribution in [3.63, 3.8) is 0 Å². The summed E-state index contributed by atoms with van der Waals surface area (Å²) in [6, 6.07) is 13.9. The van der Waals surface area contributed by atoms with Crippen LogP contribution in [0.15, 0.2) is 54.7 Å². The van der Waals surface area contributed by atoms with E-state index in [1.165, 1.54) is 12.1 Å². The number of nitrogens with zero attached hydrogens (tertiary/aromatic N) is 4. The Bertz CT molecular complexity index is 1250. The summed E-state index contributed by atoms with van der Waals surface area (Å²) in [6.45, 7) is 5.65. The average Bonchev–Trinajstić information content (AvgIpc) is 2.79. The predicted molar refractivity (Wildman–Crippen MR) is 129 cm³/mol. The molecule has 0 aliphatic carbocycles. The van der Waals surface area contributed by atoms with Gasteiger partial charge in [0.25, 0.3) is 0 Å². The van der Waals surface area contributed by atoms with E-state index in [0.29, 0.717) is 59.2 Å². The van der Waals surface area contributed by atoms with Gasteiger partial charge in [-0.15, -0.1) is 0 Å². The highest BCUT2D eigenvalue weighted by Gasteiger charge is 2.13. The lowest BCUT2D eigenvalue weighted by Gasteiger charge is -2.12. The molecule has 0 aliphatic heterocycles. The summed E-state index contributed by atoms with van der Waals surface area (Å²) < 4.78 is 19.2. The van der Waals surface area contributed by atoms with Gasteiger partial charge in [0.1, 0.15) is 23.9 Å². The van der Waals surface area contributed by atoms with Gasteiger partial charge in [-0.2, -0.15) is 0 Å². The molecule has 6 nitrogen and oxygen atoms in total. The standard InChI is InChI=1S/C25H25ClFN5O/c1-16(2)14-33-15-22-31-24(29-12-10-17-5-3-6-18(27)13-17)19-8-9-21(30-25(19)32-22)23-20(26)7-4-11-28-23/h3-9,11,13,16H,10,12,14-15H2,1-2H3,(H,29,30,31,32). The van der Waals surface area contributed by atoms with Gasteiger partial charge in [0, 0.05) is 19.3 Å². The van der Waals surface area contributed by atoms with Crippen molar-refractivity contribution >= 4 is 28.5 Å². The molecule has 0 bridgehead atoms. The van der Waals surface area contributed by atoms with Crippen molar-refractivity contribution in [1.82, 2.24) is 19.9 Å². The van der Waals surface area contributed by atoms with Crippen LogP contribution in [0, 0.1) is 11.7 Å². The van der Waals surface area contributed by atoms with Gasteiger partial charge >= 0.3 is 0 Å². The minimum Gasteiger partial charge on any atom is -0.373 e. The molecular formula is C25H25ClFN5O. The maximum absolute atomic E-state index is 13.5. The van der Waals surface area contributed by atoms with Crippen LogP contribution in [0.1, 0.15) is 25.2 Å². The Hall–Kier alpha value is -3.16. The Balaban J connectivity index is 1.63. The number of pyridine rings is 2.